The van der Waals surface area contributed by atoms with Crippen molar-refractivity contribution in [2.75, 3.05) is 26.4 Å². The molecule has 0 saturated heterocycles. The molecule has 0 saturated carbocycles. The molecule has 0 amide bonds. The predicted molar refractivity (Wildman–Crippen MR) is 229 cm³/mol. The molecule has 0 aliphatic rings. The number of carbonyl (C=O) groups is 2. The number of unbranched alkanes of at least 4 members (excludes halogenated alkanes) is 8. The van der Waals surface area contributed by atoms with E-state index in [2.05, 4.69) is 32.9 Å². The first kappa shape index (κ1) is 52.0. The van der Waals surface area contributed by atoms with Gasteiger partial charge in [0, 0.05) is 32.2 Å². The largest absolute Gasteiger partial charge is 0.472 e. The molecule has 12 heteroatoms. The average Bonchev–Trinajstić information content (AvgIpc) is 3.46. The van der Waals surface area contributed by atoms with Gasteiger partial charge in [-0.25, -0.2) is 4.57 Å². The van der Waals surface area contributed by atoms with Crippen molar-refractivity contribution in [3.8, 4) is 0 Å². The Balaban J connectivity index is 2.35. The van der Waals surface area contributed by atoms with Crippen molar-refractivity contribution in [1.82, 2.24) is 0 Å². The molecular formula is C45H74NO10P. The van der Waals surface area contributed by atoms with Crippen LogP contribution in [0.5, 0.6) is 0 Å². The quantitative estimate of drug-likeness (QED) is 0.0196. The van der Waals surface area contributed by atoms with Crippen LogP contribution in [0.15, 0.2) is 65.2 Å². The van der Waals surface area contributed by atoms with Crippen LogP contribution in [-0.2, 0) is 45.5 Å². The Labute approximate surface area is 343 Å². The van der Waals surface area contributed by atoms with E-state index in [-0.39, 0.29) is 32.6 Å². The van der Waals surface area contributed by atoms with E-state index >= 15 is 0 Å². The van der Waals surface area contributed by atoms with E-state index in [1.54, 1.807) is 0 Å². The number of aryl methyl sites for hydroxylation is 2. The number of hydrogen-bond acceptors (Lipinski definition) is 10. The van der Waals surface area contributed by atoms with Crippen LogP contribution in [0.3, 0.4) is 0 Å². The van der Waals surface area contributed by atoms with Crippen LogP contribution in [0, 0.1) is 13.8 Å². The van der Waals surface area contributed by atoms with Crippen molar-refractivity contribution in [2.45, 2.75) is 162 Å². The van der Waals surface area contributed by atoms with Crippen LogP contribution in [0.2, 0.25) is 0 Å². The Kier molecular flexibility index (Phi) is 30.9. The summed E-state index contributed by atoms with van der Waals surface area (Å²) in [6.45, 7) is 7.62. The third kappa shape index (κ3) is 28.1. The van der Waals surface area contributed by atoms with Gasteiger partial charge in [-0.2, -0.15) is 0 Å². The number of phosphoric acid groups is 1. The molecule has 0 aliphatic heterocycles. The summed E-state index contributed by atoms with van der Waals surface area (Å²) < 4.78 is 38.9. The number of aliphatic hydroxyl groups excluding tert-OH is 1. The highest BCUT2D eigenvalue weighted by Gasteiger charge is 2.26. The van der Waals surface area contributed by atoms with Crippen molar-refractivity contribution >= 4 is 19.8 Å². The maximum absolute atomic E-state index is 12.7. The fraction of sp³-hybridized carbons (Fsp3) is 0.644. The van der Waals surface area contributed by atoms with Gasteiger partial charge in [-0.15, -0.1) is 0 Å². The molecule has 4 N–H and O–H groups in total. The van der Waals surface area contributed by atoms with E-state index in [1.165, 1.54) is 24.0 Å². The molecule has 57 heavy (non-hydrogen) atoms. The Morgan fingerprint density at radius 2 is 1.37 bits per heavy atom. The second-order valence-corrected chi connectivity index (χ2v) is 15.7. The maximum Gasteiger partial charge on any atom is 0.472 e. The lowest BCUT2D eigenvalue weighted by molar-refractivity contribution is -0.161. The van der Waals surface area contributed by atoms with Crippen LogP contribution in [-0.4, -0.2) is 60.5 Å². The second kappa shape index (κ2) is 33.9. The first-order valence-electron chi connectivity index (χ1n) is 21.2. The number of esters is 2. The first-order valence-corrected chi connectivity index (χ1v) is 22.7. The minimum Gasteiger partial charge on any atom is -0.466 e. The highest BCUT2D eigenvalue weighted by molar-refractivity contribution is 7.47. The molecule has 0 aromatic carbocycles. The zero-order chi connectivity index (χ0) is 42.0. The van der Waals surface area contributed by atoms with E-state index in [0.29, 0.717) is 25.7 Å². The summed E-state index contributed by atoms with van der Waals surface area (Å²) >= 11 is 0. The summed E-state index contributed by atoms with van der Waals surface area (Å²) in [5.74, 6) is 1.29. The fourth-order valence-corrected chi connectivity index (χ4v) is 6.52. The van der Waals surface area contributed by atoms with Crippen molar-refractivity contribution in [3.63, 3.8) is 0 Å². The lowest BCUT2D eigenvalue weighted by Gasteiger charge is -2.19. The van der Waals surface area contributed by atoms with Crippen LogP contribution >= 0.6 is 7.82 Å². The molecule has 1 rings (SSSR count). The minimum atomic E-state index is -4.42. The van der Waals surface area contributed by atoms with E-state index in [0.717, 1.165) is 82.1 Å². The molecule has 11 nitrogen and oxygen atoms in total. The number of aliphatic hydroxyl groups is 1. The summed E-state index contributed by atoms with van der Waals surface area (Å²) in [6, 6.07) is 0. The second-order valence-electron chi connectivity index (χ2n) is 14.3. The normalized spacial score (nSPS) is 14.4. The van der Waals surface area contributed by atoms with Gasteiger partial charge in [-0.05, 0) is 82.8 Å². The Hall–Kier alpha value is -3.05. The summed E-state index contributed by atoms with van der Waals surface area (Å²) in [6.07, 6.45) is 34.4. The SMILES string of the molecule is CC/C=C\C(O)C/C=C/C=C\C/C=C\C/C=C\CCCC(=O)OC[C@H](COP(=O)(O)OCCN)OC(=O)CCCCCCCCc1oc(CCCCC)c(C)c1C. The third-order valence-corrected chi connectivity index (χ3v) is 10.2. The summed E-state index contributed by atoms with van der Waals surface area (Å²) in [7, 11) is -4.42. The van der Waals surface area contributed by atoms with E-state index in [4.69, 9.17) is 28.7 Å². The van der Waals surface area contributed by atoms with Crippen LogP contribution in [0.1, 0.15) is 146 Å². The van der Waals surface area contributed by atoms with Crippen LogP contribution < -0.4 is 5.73 Å². The summed E-state index contributed by atoms with van der Waals surface area (Å²) in [4.78, 5) is 35.0. The predicted octanol–water partition coefficient (Wildman–Crippen LogP) is 10.3. The molecule has 1 aromatic heterocycles. The molecule has 324 valence electrons. The van der Waals surface area contributed by atoms with Crippen molar-refractivity contribution < 1.29 is 47.1 Å². The van der Waals surface area contributed by atoms with Crippen molar-refractivity contribution in [2.24, 2.45) is 5.73 Å². The van der Waals surface area contributed by atoms with Gasteiger partial charge in [0.05, 0.1) is 19.3 Å². The standard InChI is InChI=1S/C45H74NO10P/c1-5-7-23-30-42-38(3)39(4)43(56-42)31-25-20-17-18-22-27-33-45(49)55-41(37-54-57(50,51)53-35-34-46)36-52-44(48)32-26-21-16-14-12-10-9-11-13-15-19-24-29-40(47)28-8-6-2/h8-10,13-16,19,24,28,40-41,47H,5-7,11-12,17-18,20-23,25-27,29-37,46H2,1-4H3,(H,50,51)/b10-9-,15-13-,16-14-,24-19+,28-8-/t40?,41-/m1/s1. The monoisotopic (exact) mass is 820 g/mol. The number of hydrogen-bond donors (Lipinski definition) is 3. The molecule has 0 radical (unpaired) electrons. The van der Waals surface area contributed by atoms with Gasteiger partial charge in [-0.1, -0.05) is 113 Å². The molecule has 2 unspecified atom stereocenters. The molecule has 1 aromatic rings. The number of nitrogens with two attached hydrogens (primary N) is 1. The van der Waals surface area contributed by atoms with Crippen LogP contribution in [0.4, 0.5) is 0 Å². The number of rotatable bonds is 35. The first-order chi connectivity index (χ1) is 27.5. The molecule has 0 bridgehead atoms. The Morgan fingerprint density at radius 3 is 2.05 bits per heavy atom. The van der Waals surface area contributed by atoms with Gasteiger partial charge in [0.1, 0.15) is 18.1 Å². The Morgan fingerprint density at radius 1 is 0.754 bits per heavy atom. The van der Waals surface area contributed by atoms with Crippen molar-refractivity contribution in [3.05, 3.63) is 83.4 Å². The van der Waals surface area contributed by atoms with Gasteiger partial charge >= 0.3 is 19.8 Å². The van der Waals surface area contributed by atoms with E-state index in [9.17, 15) is 24.2 Å². The van der Waals surface area contributed by atoms with E-state index < -0.39 is 38.6 Å². The molecule has 3 atom stereocenters. The van der Waals surface area contributed by atoms with Crippen LogP contribution in [0.25, 0.3) is 0 Å². The number of carbonyl (C=O) groups excluding carboxylic acids is 2. The lowest BCUT2D eigenvalue weighted by atomic mass is 10.0. The number of ether oxygens (including phenoxy) is 2. The number of furan rings is 1. The molecule has 0 fully saturated rings. The lowest BCUT2D eigenvalue weighted by Crippen LogP contribution is -2.29. The molecular weight excluding hydrogens is 745 g/mol. The van der Waals surface area contributed by atoms with E-state index in [1.807, 2.05) is 55.5 Å². The minimum absolute atomic E-state index is 0.0281. The van der Waals surface area contributed by atoms with Crippen molar-refractivity contribution in [1.29, 1.82) is 0 Å². The third-order valence-electron chi connectivity index (χ3n) is 9.20. The van der Waals surface area contributed by atoms with Gasteiger partial charge in [0.25, 0.3) is 0 Å². The van der Waals surface area contributed by atoms with Gasteiger partial charge in [0.15, 0.2) is 6.10 Å². The van der Waals surface area contributed by atoms with Gasteiger partial charge < -0.3 is 29.6 Å². The molecule has 1 heterocycles. The van der Waals surface area contributed by atoms with Gasteiger partial charge in [-0.3, -0.25) is 18.6 Å². The number of phosphoric ester groups is 1. The smallest absolute Gasteiger partial charge is 0.466 e. The zero-order valence-electron chi connectivity index (χ0n) is 35.4. The maximum atomic E-state index is 12.7. The highest BCUT2D eigenvalue weighted by Crippen LogP contribution is 2.43. The number of allylic oxidation sites excluding steroid dienone is 8. The molecule has 0 spiro atoms. The topological polar surface area (TPSA) is 168 Å². The fourth-order valence-electron chi connectivity index (χ4n) is 5.75. The average molecular weight is 820 g/mol. The molecule has 0 aliphatic carbocycles. The summed E-state index contributed by atoms with van der Waals surface area (Å²) in [5, 5.41) is 9.76. The summed E-state index contributed by atoms with van der Waals surface area (Å²) in [5.41, 5.74) is 7.92. The van der Waals surface area contributed by atoms with Gasteiger partial charge in [0.2, 0.25) is 0 Å². The highest BCUT2D eigenvalue weighted by atomic mass is 31.2. The zero-order valence-corrected chi connectivity index (χ0v) is 36.3. The Bertz CT molecular complexity index is 1410.